The second-order valence-electron chi connectivity index (χ2n) is 4.99. The summed E-state index contributed by atoms with van der Waals surface area (Å²) in [5.74, 6) is 0.766. The van der Waals surface area contributed by atoms with Crippen LogP contribution in [0, 0.1) is 0 Å². The van der Waals surface area contributed by atoms with Gasteiger partial charge in [0.25, 0.3) is 0 Å². The first-order valence-corrected chi connectivity index (χ1v) is 6.57. The molecule has 4 aromatic heterocycles. The fourth-order valence-electron chi connectivity index (χ4n) is 2.42. The predicted octanol–water partition coefficient (Wildman–Crippen LogP) is 2.63. The Morgan fingerprint density at radius 3 is 2.38 bits per heavy atom. The number of hydrogen-bond donors (Lipinski definition) is 0. The van der Waals surface area contributed by atoms with Gasteiger partial charge in [0.15, 0.2) is 5.58 Å². The van der Waals surface area contributed by atoms with E-state index in [1.54, 1.807) is 21.8 Å². The minimum absolute atomic E-state index is 0.766. The summed E-state index contributed by atoms with van der Waals surface area (Å²) in [5.41, 5.74) is 4.53. The summed E-state index contributed by atoms with van der Waals surface area (Å²) in [6.45, 7) is 0. The van der Waals surface area contributed by atoms with Crippen LogP contribution < -0.4 is 0 Å². The van der Waals surface area contributed by atoms with Gasteiger partial charge in [-0.2, -0.15) is 10.2 Å². The molecule has 0 atom stereocenters. The van der Waals surface area contributed by atoms with Crippen LogP contribution in [0.4, 0.5) is 0 Å². The zero-order valence-corrected chi connectivity index (χ0v) is 11.7. The summed E-state index contributed by atoms with van der Waals surface area (Å²) in [5, 5.41) is 8.38. The highest BCUT2D eigenvalue weighted by molar-refractivity contribution is 5.91. The lowest BCUT2D eigenvalue weighted by Gasteiger charge is -1.97. The van der Waals surface area contributed by atoms with Crippen LogP contribution in [-0.4, -0.2) is 24.5 Å². The molecule has 0 radical (unpaired) electrons. The molecule has 4 rings (SSSR count). The first-order chi connectivity index (χ1) is 10.2. The zero-order valence-electron chi connectivity index (χ0n) is 11.7. The maximum atomic E-state index is 6.01. The third-order valence-corrected chi connectivity index (χ3v) is 3.42. The number of nitrogens with zero attached hydrogens (tertiary/aromatic N) is 5. The fourth-order valence-corrected chi connectivity index (χ4v) is 2.42. The van der Waals surface area contributed by atoms with E-state index in [1.165, 1.54) is 0 Å². The molecule has 21 heavy (non-hydrogen) atoms. The third-order valence-electron chi connectivity index (χ3n) is 3.42. The van der Waals surface area contributed by atoms with Gasteiger partial charge >= 0.3 is 0 Å². The highest BCUT2D eigenvalue weighted by atomic mass is 16.3. The fraction of sp³-hybridized carbons (Fsp3) is 0.133. The summed E-state index contributed by atoms with van der Waals surface area (Å²) >= 11 is 0. The number of pyridine rings is 1. The second kappa shape index (κ2) is 4.31. The number of hydrogen-bond acceptors (Lipinski definition) is 4. The normalized spacial score (nSPS) is 11.3. The molecule has 0 fully saturated rings. The summed E-state index contributed by atoms with van der Waals surface area (Å²) < 4.78 is 9.53. The Labute approximate surface area is 120 Å². The van der Waals surface area contributed by atoms with Crippen LogP contribution in [0.15, 0.2) is 47.5 Å². The number of aromatic nitrogens is 5. The first kappa shape index (κ1) is 11.9. The highest BCUT2D eigenvalue weighted by Crippen LogP contribution is 2.32. The van der Waals surface area contributed by atoms with Gasteiger partial charge in [0.05, 0.1) is 18.0 Å². The van der Waals surface area contributed by atoms with E-state index in [1.807, 2.05) is 44.8 Å². The van der Waals surface area contributed by atoms with Crippen LogP contribution in [-0.2, 0) is 14.1 Å². The largest absolute Gasteiger partial charge is 0.454 e. The standard InChI is InChI=1S/C15H13N5O/c1-19-8-10(6-17-19)12-3-4-16-13-5-14(21-15(12)13)11-7-18-20(2)9-11/h3-9H,1-2H3. The molecule has 6 heteroatoms. The summed E-state index contributed by atoms with van der Waals surface area (Å²) in [6, 6.07) is 3.88. The molecule has 0 N–H and O–H groups in total. The van der Waals surface area contributed by atoms with Crippen LogP contribution in [0.5, 0.6) is 0 Å². The van der Waals surface area contributed by atoms with Gasteiger partial charge in [0.2, 0.25) is 0 Å². The topological polar surface area (TPSA) is 61.7 Å². The molecule has 0 saturated heterocycles. The van der Waals surface area contributed by atoms with Crippen LogP contribution >= 0.6 is 0 Å². The average molecular weight is 279 g/mol. The molecule has 0 saturated carbocycles. The van der Waals surface area contributed by atoms with Crippen molar-refractivity contribution in [3.05, 3.63) is 43.1 Å². The lowest BCUT2D eigenvalue weighted by atomic mass is 10.1. The molecule has 0 aromatic carbocycles. The summed E-state index contributed by atoms with van der Waals surface area (Å²) in [7, 11) is 3.77. The van der Waals surface area contributed by atoms with Crippen molar-refractivity contribution >= 4 is 11.1 Å². The Morgan fingerprint density at radius 1 is 1.00 bits per heavy atom. The minimum atomic E-state index is 0.766. The number of furan rings is 1. The van der Waals surface area contributed by atoms with Crippen molar-refractivity contribution < 1.29 is 4.42 Å². The van der Waals surface area contributed by atoms with Crippen molar-refractivity contribution in [2.24, 2.45) is 14.1 Å². The third kappa shape index (κ3) is 1.92. The van der Waals surface area contributed by atoms with E-state index in [9.17, 15) is 0 Å². The van der Waals surface area contributed by atoms with Crippen LogP contribution in [0.2, 0.25) is 0 Å². The van der Waals surface area contributed by atoms with E-state index in [0.29, 0.717) is 0 Å². The number of rotatable bonds is 2. The molecule has 0 unspecified atom stereocenters. The smallest absolute Gasteiger partial charge is 0.161 e. The van der Waals surface area contributed by atoms with Crippen molar-refractivity contribution in [1.29, 1.82) is 0 Å². The van der Waals surface area contributed by atoms with Crippen LogP contribution in [0.3, 0.4) is 0 Å². The van der Waals surface area contributed by atoms with Crippen molar-refractivity contribution in [3.63, 3.8) is 0 Å². The maximum absolute atomic E-state index is 6.01. The average Bonchev–Trinajstić information content (AvgIpc) is 3.16. The van der Waals surface area contributed by atoms with Crippen molar-refractivity contribution in [2.75, 3.05) is 0 Å². The second-order valence-corrected chi connectivity index (χ2v) is 4.99. The molecule has 0 aliphatic carbocycles. The minimum Gasteiger partial charge on any atom is -0.454 e. The molecule has 0 amide bonds. The van der Waals surface area contributed by atoms with Crippen LogP contribution in [0.25, 0.3) is 33.6 Å². The molecule has 0 aliphatic heterocycles. The lowest BCUT2D eigenvalue weighted by Crippen LogP contribution is -1.84. The van der Waals surface area contributed by atoms with E-state index in [2.05, 4.69) is 15.2 Å². The van der Waals surface area contributed by atoms with Gasteiger partial charge in [-0.3, -0.25) is 14.3 Å². The van der Waals surface area contributed by atoms with Gasteiger partial charge in [0, 0.05) is 49.9 Å². The maximum Gasteiger partial charge on any atom is 0.161 e. The molecule has 4 heterocycles. The molecular weight excluding hydrogens is 266 g/mol. The molecule has 0 aliphatic rings. The van der Waals surface area contributed by atoms with Gasteiger partial charge in [-0.25, -0.2) is 0 Å². The van der Waals surface area contributed by atoms with Gasteiger partial charge in [0.1, 0.15) is 11.3 Å². The predicted molar refractivity (Wildman–Crippen MR) is 78.4 cm³/mol. The Bertz CT molecular complexity index is 931. The molecule has 0 spiro atoms. The van der Waals surface area contributed by atoms with E-state index in [-0.39, 0.29) is 0 Å². The van der Waals surface area contributed by atoms with Crippen molar-refractivity contribution in [1.82, 2.24) is 24.5 Å². The number of fused-ring (bicyclic) bond motifs is 1. The Morgan fingerprint density at radius 2 is 1.71 bits per heavy atom. The quantitative estimate of drug-likeness (QED) is 0.566. The Kier molecular flexibility index (Phi) is 2.44. The van der Waals surface area contributed by atoms with Crippen molar-refractivity contribution in [2.45, 2.75) is 0 Å². The SMILES string of the molecule is Cn1cc(-c2cc3nccc(-c4cnn(C)c4)c3o2)cn1. The molecule has 6 nitrogen and oxygen atoms in total. The molecule has 104 valence electrons. The van der Waals surface area contributed by atoms with Crippen LogP contribution in [0.1, 0.15) is 0 Å². The molecule has 0 bridgehead atoms. The molecular formula is C15H13N5O. The van der Waals surface area contributed by atoms with Gasteiger partial charge in [-0.15, -0.1) is 0 Å². The van der Waals surface area contributed by atoms with Gasteiger partial charge in [-0.1, -0.05) is 0 Å². The molecule has 4 aromatic rings. The Balaban J connectivity index is 1.91. The van der Waals surface area contributed by atoms with Gasteiger partial charge in [-0.05, 0) is 6.07 Å². The summed E-state index contributed by atoms with van der Waals surface area (Å²) in [6.07, 6.45) is 9.26. The van der Waals surface area contributed by atoms with Gasteiger partial charge < -0.3 is 4.42 Å². The highest BCUT2D eigenvalue weighted by Gasteiger charge is 2.14. The van der Waals surface area contributed by atoms with E-state index < -0.39 is 0 Å². The number of aryl methyl sites for hydroxylation is 2. The van der Waals surface area contributed by atoms with E-state index >= 15 is 0 Å². The van der Waals surface area contributed by atoms with E-state index in [0.717, 1.165) is 33.6 Å². The monoisotopic (exact) mass is 279 g/mol. The van der Waals surface area contributed by atoms with E-state index in [4.69, 9.17) is 4.42 Å². The lowest BCUT2D eigenvalue weighted by molar-refractivity contribution is 0.632. The zero-order chi connectivity index (χ0) is 14.4. The summed E-state index contributed by atoms with van der Waals surface area (Å²) in [4.78, 5) is 4.38. The Hall–Kier alpha value is -2.89. The first-order valence-electron chi connectivity index (χ1n) is 6.57. The van der Waals surface area contributed by atoms with Crippen molar-refractivity contribution in [3.8, 4) is 22.5 Å².